The summed E-state index contributed by atoms with van der Waals surface area (Å²) in [5, 5.41) is 10.7. The van der Waals surface area contributed by atoms with Crippen LogP contribution in [0.15, 0.2) is 24.3 Å². The van der Waals surface area contributed by atoms with Gasteiger partial charge >= 0.3 is 0 Å². The highest BCUT2D eigenvalue weighted by Gasteiger charge is 2.47. The molecule has 3 heterocycles. The van der Waals surface area contributed by atoms with Gasteiger partial charge in [0.15, 0.2) is 17.3 Å². The second kappa shape index (κ2) is 7.44. The van der Waals surface area contributed by atoms with Gasteiger partial charge in [-0.3, -0.25) is 4.79 Å². The van der Waals surface area contributed by atoms with Crippen LogP contribution in [0.3, 0.4) is 0 Å². The third-order valence-electron chi connectivity index (χ3n) is 6.28. The van der Waals surface area contributed by atoms with E-state index in [2.05, 4.69) is 22.6 Å². The fourth-order valence-corrected chi connectivity index (χ4v) is 4.99. The zero-order chi connectivity index (χ0) is 21.9. The van der Waals surface area contributed by atoms with Gasteiger partial charge < -0.3 is 28.8 Å². The average molecular weight is 542 g/mol. The van der Waals surface area contributed by atoms with Crippen LogP contribution in [0.2, 0.25) is 0 Å². The summed E-state index contributed by atoms with van der Waals surface area (Å²) in [6.45, 7) is 2.01. The Labute approximate surface area is 193 Å². The van der Waals surface area contributed by atoms with Crippen LogP contribution in [-0.4, -0.2) is 54.0 Å². The molecule has 0 spiro atoms. The predicted molar refractivity (Wildman–Crippen MR) is 121 cm³/mol. The number of carbonyl (C=O) groups excluding carboxylic acids is 1. The Morgan fingerprint density at radius 3 is 2.61 bits per heavy atom. The van der Waals surface area contributed by atoms with Gasteiger partial charge in [0.1, 0.15) is 41.7 Å². The average Bonchev–Trinajstić information content (AvgIpc) is 3.23. The van der Waals surface area contributed by atoms with Crippen LogP contribution in [0.4, 0.5) is 0 Å². The summed E-state index contributed by atoms with van der Waals surface area (Å²) in [6.07, 6.45) is -0.356. The van der Waals surface area contributed by atoms with E-state index in [0.29, 0.717) is 45.2 Å². The van der Waals surface area contributed by atoms with Crippen molar-refractivity contribution < 1.29 is 33.6 Å². The van der Waals surface area contributed by atoms with Gasteiger partial charge in [0.05, 0.1) is 25.7 Å². The summed E-state index contributed by atoms with van der Waals surface area (Å²) < 4.78 is 29.6. The van der Waals surface area contributed by atoms with E-state index in [0.717, 1.165) is 11.1 Å². The van der Waals surface area contributed by atoms with Crippen LogP contribution in [0, 0.1) is 0 Å². The number of halogens is 1. The molecule has 5 rings (SSSR count). The van der Waals surface area contributed by atoms with Crippen LogP contribution in [0.5, 0.6) is 28.7 Å². The van der Waals surface area contributed by atoms with Crippen molar-refractivity contribution >= 4 is 28.4 Å². The summed E-state index contributed by atoms with van der Waals surface area (Å²) in [5.41, 5.74) is 1.11. The molecule has 164 valence electrons. The number of ether oxygens (including phenoxy) is 5. The van der Waals surface area contributed by atoms with Crippen LogP contribution < -0.4 is 23.7 Å². The molecule has 7 nitrogen and oxygen atoms in total. The summed E-state index contributed by atoms with van der Waals surface area (Å²) in [7, 11) is 3.12. The van der Waals surface area contributed by atoms with E-state index in [1.807, 2.05) is 0 Å². The molecule has 0 fully saturated rings. The van der Waals surface area contributed by atoms with Crippen molar-refractivity contribution in [3.05, 3.63) is 41.0 Å². The van der Waals surface area contributed by atoms with E-state index >= 15 is 0 Å². The summed E-state index contributed by atoms with van der Waals surface area (Å²) in [5.74, 6) is 2.37. The normalized spacial score (nSPS) is 24.9. The van der Waals surface area contributed by atoms with Crippen molar-refractivity contribution in [2.24, 2.45) is 0 Å². The number of ketones is 1. The second-order valence-electron chi connectivity index (χ2n) is 8.27. The lowest BCUT2D eigenvalue weighted by atomic mass is 9.81. The molecule has 0 amide bonds. The molecule has 1 N–H and O–H groups in total. The minimum absolute atomic E-state index is 0.0186. The molecule has 0 unspecified atom stereocenters. The third kappa shape index (κ3) is 3.14. The maximum absolute atomic E-state index is 13.6. The Balaban J connectivity index is 1.55. The molecule has 31 heavy (non-hydrogen) atoms. The fourth-order valence-electron chi connectivity index (χ4n) is 4.50. The van der Waals surface area contributed by atoms with E-state index in [1.165, 1.54) is 0 Å². The molecule has 0 saturated carbocycles. The van der Waals surface area contributed by atoms with Gasteiger partial charge in [0, 0.05) is 28.0 Å². The monoisotopic (exact) mass is 542 g/mol. The molecular weight excluding hydrogens is 519 g/mol. The quantitative estimate of drug-likeness (QED) is 0.469. The molecule has 8 heteroatoms. The number of rotatable bonds is 4. The van der Waals surface area contributed by atoms with Gasteiger partial charge in [-0.1, -0.05) is 22.6 Å². The number of methoxy groups -OCH3 is 2. The van der Waals surface area contributed by atoms with Gasteiger partial charge in [-0.15, -0.1) is 0 Å². The lowest BCUT2D eigenvalue weighted by Crippen LogP contribution is -2.44. The number of hydrogen-bond donors (Lipinski definition) is 1. The molecule has 4 atom stereocenters. The van der Waals surface area contributed by atoms with Crippen LogP contribution >= 0.6 is 22.6 Å². The Kier molecular flexibility index (Phi) is 4.97. The zero-order valence-electron chi connectivity index (χ0n) is 17.4. The highest BCUT2D eigenvalue weighted by Crippen LogP contribution is 2.50. The molecule has 0 aliphatic carbocycles. The maximum Gasteiger partial charge on any atom is 0.178 e. The van der Waals surface area contributed by atoms with Crippen LogP contribution in [-0.2, 0) is 6.42 Å². The standard InChI is InChI=1S/C23H23IO7/c1-23(26,10-24)19-7-13-14(30-19)5-4-11-21(25)20-12-6-16(27-2)17(28-3)8-15(12)29-9-18(20)31-22(11)13/h4-6,8,18-20,26H,7,9-10H2,1-3H3/t18-,19-,20+,23-/m1/s1/i24+4. The number of hydrogen-bond acceptors (Lipinski definition) is 7. The number of aliphatic hydroxyl groups is 1. The van der Waals surface area contributed by atoms with Crippen molar-refractivity contribution in [3.63, 3.8) is 0 Å². The van der Waals surface area contributed by atoms with E-state index in [1.54, 1.807) is 45.4 Å². The van der Waals surface area contributed by atoms with E-state index in [9.17, 15) is 9.90 Å². The van der Waals surface area contributed by atoms with Gasteiger partial charge in [-0.25, -0.2) is 0 Å². The molecule has 3 aliphatic heterocycles. The van der Waals surface area contributed by atoms with Crippen LogP contribution in [0.25, 0.3) is 0 Å². The van der Waals surface area contributed by atoms with Crippen molar-refractivity contribution in [2.75, 3.05) is 25.3 Å². The Bertz CT molecular complexity index is 1060. The van der Waals surface area contributed by atoms with Gasteiger partial charge in [0.2, 0.25) is 0 Å². The molecule has 0 aromatic heterocycles. The lowest BCUT2D eigenvalue weighted by molar-refractivity contribution is -0.0167. The lowest BCUT2D eigenvalue weighted by Gasteiger charge is -2.37. The largest absolute Gasteiger partial charge is 0.493 e. The molecule has 0 bridgehead atoms. The van der Waals surface area contributed by atoms with E-state index in [4.69, 9.17) is 23.7 Å². The summed E-state index contributed by atoms with van der Waals surface area (Å²) in [4.78, 5) is 13.6. The fraction of sp³-hybridized carbons (Fsp3) is 0.435. The first kappa shape index (κ1) is 20.7. The minimum Gasteiger partial charge on any atom is -0.493 e. The van der Waals surface area contributed by atoms with Gasteiger partial charge in [-0.2, -0.15) is 0 Å². The van der Waals surface area contributed by atoms with Crippen LogP contribution in [0.1, 0.15) is 34.3 Å². The molecule has 3 aliphatic rings. The van der Waals surface area contributed by atoms with Crippen molar-refractivity contribution in [2.45, 2.75) is 37.1 Å². The SMILES string of the molecule is COc1cc2c(cc1OC)[C@@H]1C(=O)c3ccc4c(c3O[C@@H]1CO2)C[C@H]([C@](C)(O)C[131I])O4. The van der Waals surface area contributed by atoms with Crippen molar-refractivity contribution in [3.8, 4) is 28.7 Å². The van der Waals surface area contributed by atoms with E-state index < -0.39 is 17.6 Å². The first-order valence-corrected chi connectivity index (χ1v) is 11.6. The first-order chi connectivity index (χ1) is 14.9. The Morgan fingerprint density at radius 2 is 1.90 bits per heavy atom. The molecule has 0 saturated heterocycles. The smallest absolute Gasteiger partial charge is 0.178 e. The molecular formula is C23H23IO7. The second-order valence-corrected chi connectivity index (χ2v) is 9.04. The predicted octanol–water partition coefficient (Wildman–Crippen LogP) is 3.31. The molecule has 2 aromatic rings. The van der Waals surface area contributed by atoms with Gasteiger partial charge in [-0.05, 0) is 25.1 Å². The topological polar surface area (TPSA) is 83.5 Å². The number of benzene rings is 2. The van der Waals surface area contributed by atoms with Crippen molar-refractivity contribution in [1.82, 2.24) is 0 Å². The maximum atomic E-state index is 13.6. The molecule has 0 radical (unpaired) electrons. The highest BCUT2D eigenvalue weighted by atomic mass is 131. The number of fused-ring (bicyclic) bond motifs is 6. The zero-order valence-corrected chi connectivity index (χ0v) is 19.6. The summed E-state index contributed by atoms with van der Waals surface area (Å²) in [6, 6.07) is 7.10. The van der Waals surface area contributed by atoms with E-state index in [-0.39, 0.29) is 18.5 Å². The number of alkyl halides is 1. The Morgan fingerprint density at radius 1 is 1.16 bits per heavy atom. The van der Waals surface area contributed by atoms with Crippen molar-refractivity contribution in [1.29, 1.82) is 0 Å². The number of carbonyl (C=O) groups is 1. The highest BCUT2D eigenvalue weighted by molar-refractivity contribution is 14.1. The summed E-state index contributed by atoms with van der Waals surface area (Å²) >= 11 is 2.15. The first-order valence-electron chi connectivity index (χ1n) is 10.1. The minimum atomic E-state index is -0.976. The molecule has 2 aromatic carbocycles. The number of Topliss-reactive ketones (excluding diaryl/α,β-unsaturated/α-hetero) is 1. The Hall–Kier alpha value is -2.20. The third-order valence-corrected chi connectivity index (χ3v) is 7.83. The van der Waals surface area contributed by atoms with Gasteiger partial charge in [0.25, 0.3) is 0 Å².